The first-order chi connectivity index (χ1) is 9.52. The SMILES string of the molecule is CCc1ccc(NC(=O)c2nonc2N)cc1[N+](=O)[O-]. The molecule has 3 N–H and O–H groups in total. The highest BCUT2D eigenvalue weighted by atomic mass is 16.6. The number of amides is 1. The summed E-state index contributed by atoms with van der Waals surface area (Å²) in [7, 11) is 0. The average Bonchev–Trinajstić information content (AvgIpc) is 2.85. The van der Waals surface area contributed by atoms with E-state index in [1.54, 1.807) is 12.1 Å². The van der Waals surface area contributed by atoms with Gasteiger partial charge in [-0.1, -0.05) is 13.0 Å². The number of hydrogen-bond donors (Lipinski definition) is 2. The zero-order valence-corrected chi connectivity index (χ0v) is 10.5. The molecule has 2 aromatic rings. The maximum Gasteiger partial charge on any atom is 0.281 e. The molecule has 0 aliphatic rings. The maximum absolute atomic E-state index is 11.8. The van der Waals surface area contributed by atoms with Gasteiger partial charge in [0.2, 0.25) is 11.5 Å². The number of nitrogen functional groups attached to an aromatic ring is 1. The minimum atomic E-state index is -0.651. The lowest BCUT2D eigenvalue weighted by molar-refractivity contribution is -0.385. The number of carbonyl (C=O) groups excluding carboxylic acids is 1. The van der Waals surface area contributed by atoms with E-state index in [9.17, 15) is 14.9 Å². The third-order valence-electron chi connectivity index (χ3n) is 2.65. The molecular weight excluding hydrogens is 266 g/mol. The van der Waals surface area contributed by atoms with Crippen LogP contribution in [-0.4, -0.2) is 21.1 Å². The number of nitrogens with one attached hydrogen (secondary N) is 1. The number of carbonyl (C=O) groups is 1. The van der Waals surface area contributed by atoms with E-state index < -0.39 is 10.8 Å². The molecule has 9 nitrogen and oxygen atoms in total. The van der Waals surface area contributed by atoms with Crippen molar-refractivity contribution in [1.82, 2.24) is 10.3 Å². The molecule has 0 unspecified atom stereocenters. The van der Waals surface area contributed by atoms with Gasteiger partial charge in [0.15, 0.2) is 0 Å². The summed E-state index contributed by atoms with van der Waals surface area (Å²) in [6.07, 6.45) is 0.519. The van der Waals surface area contributed by atoms with Gasteiger partial charge in [-0.3, -0.25) is 14.9 Å². The predicted molar refractivity (Wildman–Crippen MR) is 69.1 cm³/mol. The molecular formula is C11H11N5O4. The van der Waals surface area contributed by atoms with Crippen molar-refractivity contribution in [2.24, 2.45) is 0 Å². The molecule has 1 aromatic carbocycles. The van der Waals surface area contributed by atoms with E-state index in [1.807, 2.05) is 6.92 Å². The van der Waals surface area contributed by atoms with Gasteiger partial charge in [-0.05, 0) is 22.8 Å². The first-order valence-corrected chi connectivity index (χ1v) is 5.69. The molecule has 0 atom stereocenters. The van der Waals surface area contributed by atoms with Crippen LogP contribution in [0, 0.1) is 10.1 Å². The molecule has 0 saturated heterocycles. The van der Waals surface area contributed by atoms with E-state index in [-0.39, 0.29) is 22.9 Å². The number of benzene rings is 1. The van der Waals surface area contributed by atoms with Crippen molar-refractivity contribution in [2.45, 2.75) is 13.3 Å². The lowest BCUT2D eigenvalue weighted by Crippen LogP contribution is -2.14. The minimum absolute atomic E-state index is 0.0588. The summed E-state index contributed by atoms with van der Waals surface area (Å²) in [6.45, 7) is 1.81. The van der Waals surface area contributed by atoms with Gasteiger partial charge in [0.1, 0.15) is 0 Å². The topological polar surface area (TPSA) is 137 Å². The number of nitro benzene ring substituents is 1. The predicted octanol–water partition coefficient (Wildman–Crippen LogP) is 1.37. The highest BCUT2D eigenvalue weighted by Crippen LogP contribution is 2.24. The van der Waals surface area contributed by atoms with E-state index in [2.05, 4.69) is 20.3 Å². The Kier molecular flexibility index (Phi) is 3.60. The van der Waals surface area contributed by atoms with Crippen LogP contribution in [0.3, 0.4) is 0 Å². The second kappa shape index (κ2) is 5.34. The standard InChI is InChI=1S/C11H11N5O4/c1-2-6-3-4-7(5-8(6)16(18)19)13-11(17)9-10(12)15-20-14-9/h3-5H,2H2,1H3,(H2,12,15)(H,13,17). The Morgan fingerprint density at radius 2 is 2.25 bits per heavy atom. The molecule has 1 heterocycles. The molecule has 20 heavy (non-hydrogen) atoms. The van der Waals surface area contributed by atoms with Crippen molar-refractivity contribution >= 4 is 23.1 Å². The monoisotopic (exact) mass is 277 g/mol. The summed E-state index contributed by atoms with van der Waals surface area (Å²) in [4.78, 5) is 22.2. The second-order valence-corrected chi connectivity index (χ2v) is 3.91. The van der Waals surface area contributed by atoms with E-state index in [4.69, 9.17) is 5.73 Å². The van der Waals surface area contributed by atoms with Gasteiger partial charge in [-0.25, -0.2) is 4.63 Å². The van der Waals surface area contributed by atoms with Crippen molar-refractivity contribution in [1.29, 1.82) is 0 Å². The van der Waals surface area contributed by atoms with E-state index >= 15 is 0 Å². The molecule has 0 aliphatic heterocycles. The molecule has 104 valence electrons. The van der Waals surface area contributed by atoms with Crippen LogP contribution in [0.15, 0.2) is 22.8 Å². The molecule has 1 amide bonds. The first kappa shape index (κ1) is 13.5. The number of nitrogens with zero attached hydrogens (tertiary/aromatic N) is 3. The largest absolute Gasteiger partial charge is 0.379 e. The maximum atomic E-state index is 11.8. The lowest BCUT2D eigenvalue weighted by atomic mass is 10.1. The zero-order chi connectivity index (χ0) is 14.7. The second-order valence-electron chi connectivity index (χ2n) is 3.91. The van der Waals surface area contributed by atoms with Gasteiger partial charge in [0.25, 0.3) is 11.6 Å². The number of anilines is 2. The Labute approximate surface area is 112 Å². The van der Waals surface area contributed by atoms with Crippen LogP contribution in [0.4, 0.5) is 17.2 Å². The van der Waals surface area contributed by atoms with Gasteiger partial charge in [-0.2, -0.15) is 0 Å². The number of aromatic nitrogens is 2. The Morgan fingerprint density at radius 1 is 1.50 bits per heavy atom. The fourth-order valence-corrected chi connectivity index (χ4v) is 1.65. The molecule has 0 spiro atoms. The smallest absolute Gasteiger partial charge is 0.281 e. The Balaban J connectivity index is 2.26. The molecule has 9 heteroatoms. The van der Waals surface area contributed by atoms with Crippen molar-refractivity contribution in [2.75, 3.05) is 11.1 Å². The Morgan fingerprint density at radius 3 is 2.80 bits per heavy atom. The molecule has 0 radical (unpaired) electrons. The third-order valence-corrected chi connectivity index (χ3v) is 2.65. The highest BCUT2D eigenvalue weighted by molar-refractivity contribution is 6.05. The molecule has 0 fully saturated rings. The average molecular weight is 277 g/mol. The summed E-state index contributed by atoms with van der Waals surface area (Å²) in [6, 6.07) is 4.42. The summed E-state index contributed by atoms with van der Waals surface area (Å²) >= 11 is 0. The summed E-state index contributed by atoms with van der Waals surface area (Å²) in [5.41, 5.74) is 5.99. The van der Waals surface area contributed by atoms with Crippen LogP contribution in [0.5, 0.6) is 0 Å². The van der Waals surface area contributed by atoms with E-state index in [0.29, 0.717) is 12.0 Å². The van der Waals surface area contributed by atoms with E-state index in [0.717, 1.165) is 0 Å². The molecule has 0 aliphatic carbocycles. The van der Waals surface area contributed by atoms with Crippen LogP contribution in [0.25, 0.3) is 0 Å². The number of nitro groups is 1. The van der Waals surface area contributed by atoms with Crippen molar-refractivity contribution in [3.8, 4) is 0 Å². The number of aryl methyl sites for hydroxylation is 1. The van der Waals surface area contributed by atoms with Crippen LogP contribution in [0.2, 0.25) is 0 Å². The quantitative estimate of drug-likeness (QED) is 0.635. The molecule has 2 rings (SSSR count). The fourth-order valence-electron chi connectivity index (χ4n) is 1.65. The fraction of sp³-hybridized carbons (Fsp3) is 0.182. The Hall–Kier alpha value is -2.97. The van der Waals surface area contributed by atoms with Crippen LogP contribution < -0.4 is 11.1 Å². The first-order valence-electron chi connectivity index (χ1n) is 5.69. The zero-order valence-electron chi connectivity index (χ0n) is 10.5. The van der Waals surface area contributed by atoms with Crippen LogP contribution >= 0.6 is 0 Å². The van der Waals surface area contributed by atoms with Crippen LogP contribution in [0.1, 0.15) is 23.0 Å². The number of hydrogen-bond acceptors (Lipinski definition) is 7. The lowest BCUT2D eigenvalue weighted by Gasteiger charge is -2.05. The molecule has 1 aromatic heterocycles. The van der Waals surface area contributed by atoms with Crippen LogP contribution in [-0.2, 0) is 6.42 Å². The summed E-state index contributed by atoms with van der Waals surface area (Å²) in [5, 5.41) is 20.0. The summed E-state index contributed by atoms with van der Waals surface area (Å²) in [5.74, 6) is -0.801. The number of rotatable bonds is 4. The van der Waals surface area contributed by atoms with E-state index in [1.165, 1.54) is 6.07 Å². The normalized spacial score (nSPS) is 10.2. The van der Waals surface area contributed by atoms with Crippen molar-refractivity contribution < 1.29 is 14.3 Å². The van der Waals surface area contributed by atoms with Gasteiger partial charge in [0.05, 0.1) is 4.92 Å². The van der Waals surface area contributed by atoms with Gasteiger partial charge in [0, 0.05) is 17.3 Å². The van der Waals surface area contributed by atoms with Crippen molar-refractivity contribution in [3.05, 3.63) is 39.6 Å². The molecule has 0 bridgehead atoms. The summed E-state index contributed by atoms with van der Waals surface area (Å²) < 4.78 is 4.31. The third kappa shape index (κ3) is 2.55. The number of nitrogens with two attached hydrogens (primary N) is 1. The van der Waals surface area contributed by atoms with Gasteiger partial charge in [-0.15, -0.1) is 0 Å². The minimum Gasteiger partial charge on any atom is -0.379 e. The van der Waals surface area contributed by atoms with Gasteiger partial charge >= 0.3 is 0 Å². The Bertz CT molecular complexity index is 667. The van der Waals surface area contributed by atoms with Gasteiger partial charge < -0.3 is 11.1 Å². The molecule has 0 saturated carbocycles. The van der Waals surface area contributed by atoms with Crippen molar-refractivity contribution in [3.63, 3.8) is 0 Å². The highest BCUT2D eigenvalue weighted by Gasteiger charge is 2.18.